The van der Waals surface area contributed by atoms with Crippen LogP contribution in [0.4, 0.5) is 4.39 Å². The summed E-state index contributed by atoms with van der Waals surface area (Å²) in [6.07, 6.45) is 0. The maximum absolute atomic E-state index is 12.4. The molecule has 0 aliphatic heterocycles. The minimum absolute atomic E-state index is 0.0579. The molecule has 0 aliphatic rings. The van der Waals surface area contributed by atoms with Gasteiger partial charge < -0.3 is 5.11 Å². The molecule has 0 saturated carbocycles. The van der Waals surface area contributed by atoms with Gasteiger partial charge in [0.25, 0.3) is 0 Å². The van der Waals surface area contributed by atoms with Gasteiger partial charge in [-0.3, -0.25) is 0 Å². The Kier molecular flexibility index (Phi) is 1.94. The van der Waals surface area contributed by atoms with Gasteiger partial charge in [0.05, 0.1) is 4.47 Å². The average molecular weight is 205 g/mol. The number of phenols is 1. The molecule has 0 aromatic heterocycles. The number of halogens is 2. The molecule has 0 fully saturated rings. The third-order valence-electron chi connectivity index (χ3n) is 1.20. The molecule has 0 bridgehead atoms. The second-order valence-electron chi connectivity index (χ2n) is 2.06. The summed E-state index contributed by atoms with van der Waals surface area (Å²) in [4.78, 5) is 0. The molecule has 0 heterocycles. The molecule has 10 heavy (non-hydrogen) atoms. The van der Waals surface area contributed by atoms with Crippen LogP contribution in [0.15, 0.2) is 16.6 Å². The summed E-state index contributed by atoms with van der Waals surface area (Å²) >= 11 is 3.10. The summed E-state index contributed by atoms with van der Waals surface area (Å²) in [7, 11) is 0. The van der Waals surface area contributed by atoms with Crippen LogP contribution in [0.3, 0.4) is 0 Å². The highest BCUT2D eigenvalue weighted by Crippen LogP contribution is 2.27. The molecule has 0 atom stereocenters. The molecule has 0 amide bonds. The van der Waals surface area contributed by atoms with Crippen LogP contribution in [0.1, 0.15) is 5.56 Å². The van der Waals surface area contributed by atoms with E-state index in [1.807, 2.05) is 0 Å². The van der Waals surface area contributed by atoms with Crippen molar-refractivity contribution in [1.29, 1.82) is 0 Å². The molecule has 1 aromatic rings. The average Bonchev–Trinajstić information content (AvgIpc) is 1.82. The largest absolute Gasteiger partial charge is 0.507 e. The van der Waals surface area contributed by atoms with E-state index in [1.165, 1.54) is 6.07 Å². The van der Waals surface area contributed by atoms with Crippen molar-refractivity contribution in [1.82, 2.24) is 0 Å². The number of aromatic hydroxyl groups is 1. The van der Waals surface area contributed by atoms with Gasteiger partial charge >= 0.3 is 0 Å². The standard InChI is InChI=1S/C7H6BrFO/c1-4-2-5(9)3-6(10)7(4)8/h2-3,10H,1H3. The summed E-state index contributed by atoms with van der Waals surface area (Å²) < 4.78 is 13.0. The van der Waals surface area contributed by atoms with Gasteiger partial charge in [-0.05, 0) is 34.5 Å². The van der Waals surface area contributed by atoms with Gasteiger partial charge in [-0.15, -0.1) is 0 Å². The smallest absolute Gasteiger partial charge is 0.132 e. The fourth-order valence-electron chi connectivity index (χ4n) is 0.708. The number of hydrogen-bond acceptors (Lipinski definition) is 1. The number of benzene rings is 1. The van der Waals surface area contributed by atoms with Crippen molar-refractivity contribution in [3.8, 4) is 5.75 Å². The first-order valence-corrected chi connectivity index (χ1v) is 3.55. The Morgan fingerprint density at radius 2 is 2.10 bits per heavy atom. The van der Waals surface area contributed by atoms with E-state index in [4.69, 9.17) is 5.11 Å². The summed E-state index contributed by atoms with van der Waals surface area (Å²) in [6, 6.07) is 2.42. The molecule has 3 heteroatoms. The minimum Gasteiger partial charge on any atom is -0.507 e. The minimum atomic E-state index is -0.418. The Bertz CT molecular complexity index is 237. The molecule has 0 saturated heterocycles. The highest BCUT2D eigenvalue weighted by molar-refractivity contribution is 9.10. The van der Waals surface area contributed by atoms with Gasteiger partial charge in [-0.2, -0.15) is 0 Å². The summed E-state index contributed by atoms with van der Waals surface area (Å²) in [5.41, 5.74) is 0.692. The third-order valence-corrected chi connectivity index (χ3v) is 2.23. The summed E-state index contributed by atoms with van der Waals surface area (Å²) in [6.45, 7) is 1.72. The monoisotopic (exact) mass is 204 g/mol. The van der Waals surface area contributed by atoms with Gasteiger partial charge in [0.15, 0.2) is 0 Å². The fraction of sp³-hybridized carbons (Fsp3) is 0.143. The summed E-state index contributed by atoms with van der Waals surface area (Å²) in [5.74, 6) is -0.476. The highest BCUT2D eigenvalue weighted by atomic mass is 79.9. The van der Waals surface area contributed by atoms with Crippen molar-refractivity contribution in [3.05, 3.63) is 28.0 Å². The molecule has 0 radical (unpaired) electrons. The second kappa shape index (κ2) is 2.58. The molecule has 54 valence electrons. The van der Waals surface area contributed by atoms with E-state index in [-0.39, 0.29) is 5.75 Å². The van der Waals surface area contributed by atoms with E-state index in [2.05, 4.69) is 15.9 Å². The van der Waals surface area contributed by atoms with Crippen molar-refractivity contribution < 1.29 is 9.50 Å². The maximum atomic E-state index is 12.4. The molecule has 0 aliphatic carbocycles. The van der Waals surface area contributed by atoms with Gasteiger partial charge in [-0.1, -0.05) is 0 Å². The van der Waals surface area contributed by atoms with Crippen molar-refractivity contribution >= 4 is 15.9 Å². The molecular weight excluding hydrogens is 199 g/mol. The van der Waals surface area contributed by atoms with Crippen LogP contribution in [0.25, 0.3) is 0 Å². The first kappa shape index (κ1) is 7.54. The number of phenolic OH excluding ortho intramolecular Hbond substituents is 1. The van der Waals surface area contributed by atoms with Crippen LogP contribution in [0.2, 0.25) is 0 Å². The Labute approximate surface area is 66.6 Å². The van der Waals surface area contributed by atoms with Gasteiger partial charge in [0, 0.05) is 6.07 Å². The zero-order chi connectivity index (χ0) is 7.72. The lowest BCUT2D eigenvalue weighted by molar-refractivity contribution is 0.465. The van der Waals surface area contributed by atoms with Crippen LogP contribution in [-0.4, -0.2) is 5.11 Å². The van der Waals surface area contributed by atoms with E-state index in [1.54, 1.807) is 6.92 Å². The predicted octanol–water partition coefficient (Wildman–Crippen LogP) is 2.60. The molecule has 0 unspecified atom stereocenters. The zero-order valence-electron chi connectivity index (χ0n) is 5.36. The van der Waals surface area contributed by atoms with Crippen LogP contribution < -0.4 is 0 Å². The van der Waals surface area contributed by atoms with Crippen molar-refractivity contribution in [3.63, 3.8) is 0 Å². The first-order valence-electron chi connectivity index (χ1n) is 2.76. The van der Waals surface area contributed by atoms with Crippen LogP contribution >= 0.6 is 15.9 Å². The Balaban J connectivity index is 3.31. The lowest BCUT2D eigenvalue weighted by Crippen LogP contribution is -1.79. The predicted molar refractivity (Wildman–Crippen MR) is 40.5 cm³/mol. The van der Waals surface area contributed by atoms with E-state index < -0.39 is 5.82 Å². The fourth-order valence-corrected chi connectivity index (χ4v) is 0.937. The maximum Gasteiger partial charge on any atom is 0.132 e. The van der Waals surface area contributed by atoms with E-state index in [9.17, 15) is 4.39 Å². The number of aryl methyl sites for hydroxylation is 1. The number of rotatable bonds is 0. The third kappa shape index (κ3) is 1.29. The van der Waals surface area contributed by atoms with Gasteiger partial charge in [0.1, 0.15) is 11.6 Å². The van der Waals surface area contributed by atoms with Crippen molar-refractivity contribution in [2.24, 2.45) is 0 Å². The van der Waals surface area contributed by atoms with E-state index in [0.29, 0.717) is 10.0 Å². The van der Waals surface area contributed by atoms with Crippen molar-refractivity contribution in [2.45, 2.75) is 6.92 Å². The lowest BCUT2D eigenvalue weighted by atomic mass is 10.2. The summed E-state index contributed by atoms with van der Waals surface area (Å²) in [5, 5.41) is 8.99. The second-order valence-corrected chi connectivity index (χ2v) is 2.85. The van der Waals surface area contributed by atoms with E-state index >= 15 is 0 Å². The SMILES string of the molecule is Cc1cc(F)cc(O)c1Br. The Hall–Kier alpha value is -0.570. The normalized spacial score (nSPS) is 9.90. The van der Waals surface area contributed by atoms with Crippen LogP contribution in [0.5, 0.6) is 5.75 Å². The molecule has 1 rings (SSSR count). The number of hydrogen-bond donors (Lipinski definition) is 1. The van der Waals surface area contributed by atoms with Crippen LogP contribution in [0, 0.1) is 12.7 Å². The van der Waals surface area contributed by atoms with E-state index in [0.717, 1.165) is 6.07 Å². The highest BCUT2D eigenvalue weighted by Gasteiger charge is 2.02. The molecule has 1 N–H and O–H groups in total. The lowest BCUT2D eigenvalue weighted by Gasteiger charge is -1.99. The van der Waals surface area contributed by atoms with Crippen molar-refractivity contribution in [2.75, 3.05) is 0 Å². The zero-order valence-corrected chi connectivity index (χ0v) is 6.94. The van der Waals surface area contributed by atoms with Crippen LogP contribution in [-0.2, 0) is 0 Å². The molecular formula is C7H6BrFO. The van der Waals surface area contributed by atoms with Gasteiger partial charge in [-0.25, -0.2) is 4.39 Å². The quantitative estimate of drug-likeness (QED) is 0.690. The first-order chi connectivity index (χ1) is 4.61. The van der Waals surface area contributed by atoms with Gasteiger partial charge in [0.2, 0.25) is 0 Å². The Morgan fingerprint density at radius 1 is 1.50 bits per heavy atom. The molecule has 1 nitrogen and oxygen atoms in total. The Morgan fingerprint density at radius 3 is 2.60 bits per heavy atom. The molecule has 1 aromatic carbocycles. The topological polar surface area (TPSA) is 20.2 Å². The molecule has 0 spiro atoms.